The molecule has 0 aliphatic heterocycles. The van der Waals surface area contributed by atoms with E-state index in [2.05, 4.69) is 25.6 Å². The summed E-state index contributed by atoms with van der Waals surface area (Å²) in [4.78, 5) is 20.1. The molecule has 0 aliphatic rings. The number of benzene rings is 1. The Morgan fingerprint density at radius 1 is 1.28 bits per heavy atom. The predicted molar refractivity (Wildman–Crippen MR) is 84.9 cm³/mol. The molecule has 130 valence electrons. The van der Waals surface area contributed by atoms with Crippen molar-refractivity contribution in [3.8, 4) is 0 Å². The van der Waals surface area contributed by atoms with Crippen LogP contribution >= 0.6 is 11.8 Å². The smallest absolute Gasteiger partial charge is 0.325 e. The van der Waals surface area contributed by atoms with Gasteiger partial charge in [0.15, 0.2) is 11.2 Å². The van der Waals surface area contributed by atoms with Crippen molar-refractivity contribution in [1.82, 2.24) is 25.0 Å². The number of fused-ring (bicyclic) bond motifs is 1. The molecule has 0 saturated heterocycles. The zero-order valence-electron chi connectivity index (χ0n) is 12.8. The fourth-order valence-electron chi connectivity index (χ4n) is 2.10. The number of hydrogen-bond acceptors (Lipinski definition) is 6. The number of rotatable bonds is 4. The van der Waals surface area contributed by atoms with Crippen LogP contribution in [0.4, 0.5) is 18.9 Å². The normalized spacial score (nSPS) is 11.7. The van der Waals surface area contributed by atoms with Crippen LogP contribution in [0, 0.1) is 0 Å². The third-order valence-corrected chi connectivity index (χ3v) is 4.18. The minimum Gasteiger partial charge on any atom is -0.325 e. The number of para-hydroxylation sites is 1. The van der Waals surface area contributed by atoms with Gasteiger partial charge in [-0.15, -0.1) is 5.10 Å². The molecule has 0 unspecified atom stereocenters. The second-order valence-electron chi connectivity index (χ2n) is 4.94. The van der Waals surface area contributed by atoms with Crippen LogP contribution in [0.3, 0.4) is 0 Å². The van der Waals surface area contributed by atoms with Gasteiger partial charge in [-0.3, -0.25) is 4.79 Å². The number of carbonyl (C=O) groups is 1. The number of anilines is 1. The minimum absolute atomic E-state index is 0.130. The van der Waals surface area contributed by atoms with Crippen molar-refractivity contribution in [2.45, 2.75) is 11.2 Å². The first kappa shape index (κ1) is 17.1. The molecule has 1 aromatic carbocycles. The standard InChI is InChI=1S/C14H11F3N6OS/c1-23-12-11(21-22-23)13(19-7-18-12)25-6-10(24)20-9-5-3-2-4-8(9)14(15,16)17/h2-5,7H,6H2,1H3,(H,20,24). The maximum atomic E-state index is 12.9. The lowest BCUT2D eigenvalue weighted by Crippen LogP contribution is -2.18. The van der Waals surface area contributed by atoms with Gasteiger partial charge in [0.05, 0.1) is 17.0 Å². The third kappa shape index (κ3) is 3.71. The van der Waals surface area contributed by atoms with Crippen LogP contribution in [-0.4, -0.2) is 36.6 Å². The SMILES string of the molecule is Cn1nnc2c(SCC(=O)Nc3ccccc3C(F)(F)F)ncnc21. The highest BCUT2D eigenvalue weighted by Gasteiger charge is 2.33. The molecule has 0 spiro atoms. The summed E-state index contributed by atoms with van der Waals surface area (Å²) in [5.74, 6) is -0.716. The average Bonchev–Trinajstić information content (AvgIpc) is 2.94. The van der Waals surface area contributed by atoms with E-state index in [1.807, 2.05) is 0 Å². The quantitative estimate of drug-likeness (QED) is 0.563. The van der Waals surface area contributed by atoms with E-state index >= 15 is 0 Å². The first-order chi connectivity index (χ1) is 11.9. The van der Waals surface area contributed by atoms with Gasteiger partial charge in [0.1, 0.15) is 11.4 Å². The van der Waals surface area contributed by atoms with Crippen molar-refractivity contribution in [3.63, 3.8) is 0 Å². The molecule has 1 amide bonds. The van der Waals surface area contributed by atoms with E-state index < -0.39 is 17.6 Å². The Morgan fingerprint density at radius 3 is 2.80 bits per heavy atom. The summed E-state index contributed by atoms with van der Waals surface area (Å²) < 4.78 is 40.3. The minimum atomic E-state index is -4.55. The van der Waals surface area contributed by atoms with Crippen LogP contribution in [0.1, 0.15) is 5.56 Å². The first-order valence-corrected chi connectivity index (χ1v) is 7.94. The van der Waals surface area contributed by atoms with E-state index in [1.54, 1.807) is 7.05 Å². The third-order valence-electron chi connectivity index (χ3n) is 3.20. The van der Waals surface area contributed by atoms with Crippen molar-refractivity contribution in [3.05, 3.63) is 36.2 Å². The van der Waals surface area contributed by atoms with E-state index in [0.717, 1.165) is 17.8 Å². The molecule has 11 heteroatoms. The Bertz CT molecular complexity index is 926. The fraction of sp³-hybridized carbons (Fsp3) is 0.214. The lowest BCUT2D eigenvalue weighted by Gasteiger charge is -2.13. The van der Waals surface area contributed by atoms with Crippen LogP contribution in [0.5, 0.6) is 0 Å². The number of thioether (sulfide) groups is 1. The van der Waals surface area contributed by atoms with Gasteiger partial charge in [-0.25, -0.2) is 14.6 Å². The number of alkyl halides is 3. The molecule has 0 saturated carbocycles. The Balaban J connectivity index is 1.72. The van der Waals surface area contributed by atoms with Crippen molar-refractivity contribution in [2.24, 2.45) is 7.05 Å². The van der Waals surface area contributed by atoms with E-state index in [0.29, 0.717) is 16.2 Å². The van der Waals surface area contributed by atoms with Crippen LogP contribution in [0.25, 0.3) is 11.2 Å². The van der Waals surface area contributed by atoms with E-state index in [9.17, 15) is 18.0 Å². The van der Waals surface area contributed by atoms with Gasteiger partial charge in [0, 0.05) is 7.05 Å². The van der Waals surface area contributed by atoms with Crippen LogP contribution < -0.4 is 5.32 Å². The highest BCUT2D eigenvalue weighted by Crippen LogP contribution is 2.34. The Labute approximate surface area is 143 Å². The van der Waals surface area contributed by atoms with E-state index in [4.69, 9.17) is 0 Å². The number of halogens is 3. The van der Waals surface area contributed by atoms with Crippen molar-refractivity contribution in [2.75, 3.05) is 11.1 Å². The van der Waals surface area contributed by atoms with Crippen LogP contribution in [0.2, 0.25) is 0 Å². The van der Waals surface area contributed by atoms with Crippen molar-refractivity contribution < 1.29 is 18.0 Å². The molecule has 2 heterocycles. The maximum absolute atomic E-state index is 12.9. The van der Waals surface area contributed by atoms with Gasteiger partial charge in [-0.05, 0) is 12.1 Å². The molecular formula is C14H11F3N6OS. The second kappa shape index (κ2) is 6.67. The summed E-state index contributed by atoms with van der Waals surface area (Å²) in [7, 11) is 1.66. The molecule has 1 N–H and O–H groups in total. The van der Waals surface area contributed by atoms with Gasteiger partial charge in [0.25, 0.3) is 0 Å². The Morgan fingerprint density at radius 2 is 2.04 bits per heavy atom. The van der Waals surface area contributed by atoms with Gasteiger partial charge in [0.2, 0.25) is 5.91 Å². The zero-order valence-corrected chi connectivity index (χ0v) is 13.6. The highest BCUT2D eigenvalue weighted by atomic mass is 32.2. The largest absolute Gasteiger partial charge is 0.418 e. The summed E-state index contributed by atoms with van der Waals surface area (Å²) in [6, 6.07) is 4.80. The van der Waals surface area contributed by atoms with Gasteiger partial charge >= 0.3 is 6.18 Å². The number of nitrogens with zero attached hydrogens (tertiary/aromatic N) is 5. The highest BCUT2D eigenvalue weighted by molar-refractivity contribution is 8.00. The van der Waals surface area contributed by atoms with E-state index in [1.165, 1.54) is 29.2 Å². The molecule has 0 radical (unpaired) electrons. The van der Waals surface area contributed by atoms with Crippen molar-refractivity contribution >= 4 is 34.5 Å². The van der Waals surface area contributed by atoms with Gasteiger partial charge in [-0.2, -0.15) is 13.2 Å². The Hall–Kier alpha value is -2.69. The summed E-state index contributed by atoms with van der Waals surface area (Å²) in [6.45, 7) is 0. The van der Waals surface area contributed by atoms with Crippen LogP contribution in [0.15, 0.2) is 35.6 Å². The monoisotopic (exact) mass is 368 g/mol. The topological polar surface area (TPSA) is 85.6 Å². The number of aryl methyl sites for hydroxylation is 1. The number of amides is 1. The number of aromatic nitrogens is 5. The Kier molecular flexibility index (Phi) is 4.57. The average molecular weight is 368 g/mol. The summed E-state index contributed by atoms with van der Waals surface area (Å²) >= 11 is 1.04. The molecule has 0 fully saturated rings. The molecule has 7 nitrogen and oxygen atoms in total. The summed E-state index contributed by atoms with van der Waals surface area (Å²) in [6.07, 6.45) is -3.24. The summed E-state index contributed by atoms with van der Waals surface area (Å²) in [5, 5.41) is 10.4. The number of nitrogens with one attached hydrogen (secondary N) is 1. The molecule has 0 bridgehead atoms. The molecule has 0 atom stereocenters. The second-order valence-corrected chi connectivity index (χ2v) is 5.91. The molecular weight excluding hydrogens is 357 g/mol. The molecule has 2 aromatic heterocycles. The molecule has 25 heavy (non-hydrogen) atoms. The lowest BCUT2D eigenvalue weighted by atomic mass is 10.1. The molecule has 3 rings (SSSR count). The molecule has 0 aliphatic carbocycles. The van der Waals surface area contributed by atoms with Gasteiger partial charge < -0.3 is 5.32 Å². The van der Waals surface area contributed by atoms with E-state index in [-0.39, 0.29) is 11.4 Å². The van der Waals surface area contributed by atoms with Gasteiger partial charge in [-0.1, -0.05) is 29.1 Å². The van der Waals surface area contributed by atoms with Crippen molar-refractivity contribution in [1.29, 1.82) is 0 Å². The zero-order chi connectivity index (χ0) is 18.0. The molecule has 3 aromatic rings. The number of carbonyl (C=O) groups excluding carboxylic acids is 1. The summed E-state index contributed by atoms with van der Waals surface area (Å²) in [5.41, 5.74) is -0.251. The maximum Gasteiger partial charge on any atom is 0.418 e. The first-order valence-electron chi connectivity index (χ1n) is 6.95. The van der Waals surface area contributed by atoms with Crippen LogP contribution in [-0.2, 0) is 18.0 Å². The lowest BCUT2D eigenvalue weighted by molar-refractivity contribution is -0.137. The fourth-order valence-corrected chi connectivity index (χ4v) is 2.83. The number of hydrogen-bond donors (Lipinski definition) is 1. The predicted octanol–water partition coefficient (Wildman–Crippen LogP) is 2.51.